The lowest BCUT2D eigenvalue weighted by atomic mass is 10.1. The first-order valence-electron chi connectivity index (χ1n) is 8.28. The summed E-state index contributed by atoms with van der Waals surface area (Å²) in [7, 11) is 0. The van der Waals surface area contributed by atoms with Crippen LogP contribution in [0.3, 0.4) is 0 Å². The van der Waals surface area contributed by atoms with Gasteiger partial charge < -0.3 is 14.6 Å². The number of hydrogen-bond acceptors (Lipinski definition) is 3. The number of aromatic nitrogens is 2. The van der Waals surface area contributed by atoms with Gasteiger partial charge in [-0.1, -0.05) is 36.4 Å². The van der Waals surface area contributed by atoms with E-state index in [9.17, 15) is 4.79 Å². The number of ether oxygens (including phenoxy) is 1. The zero-order valence-electron chi connectivity index (χ0n) is 14.0. The Bertz CT molecular complexity index is 1040. The summed E-state index contributed by atoms with van der Waals surface area (Å²) in [6.45, 7) is -0.0480. The lowest BCUT2D eigenvalue weighted by Gasteiger charge is -2.10. The van der Waals surface area contributed by atoms with Crippen LogP contribution in [0.15, 0.2) is 85.5 Å². The highest BCUT2D eigenvalue weighted by molar-refractivity contribution is 5.92. The van der Waals surface area contributed by atoms with Gasteiger partial charge in [0.05, 0.1) is 6.33 Å². The number of imidazole rings is 1. The van der Waals surface area contributed by atoms with Gasteiger partial charge in [0.25, 0.3) is 5.91 Å². The van der Waals surface area contributed by atoms with E-state index < -0.39 is 0 Å². The highest BCUT2D eigenvalue weighted by Gasteiger charge is 2.06. The second-order valence-electron chi connectivity index (χ2n) is 5.87. The van der Waals surface area contributed by atoms with Crippen molar-refractivity contribution in [2.45, 2.75) is 0 Å². The van der Waals surface area contributed by atoms with E-state index in [0.29, 0.717) is 11.4 Å². The van der Waals surface area contributed by atoms with Gasteiger partial charge >= 0.3 is 0 Å². The van der Waals surface area contributed by atoms with Crippen molar-refractivity contribution in [3.05, 3.63) is 85.5 Å². The molecule has 0 unspecified atom stereocenters. The van der Waals surface area contributed by atoms with Crippen LogP contribution in [-0.2, 0) is 4.79 Å². The predicted molar refractivity (Wildman–Crippen MR) is 102 cm³/mol. The summed E-state index contributed by atoms with van der Waals surface area (Å²) in [5.74, 6) is 0.465. The van der Waals surface area contributed by atoms with Gasteiger partial charge in [-0.15, -0.1) is 0 Å². The number of benzene rings is 3. The number of anilines is 1. The van der Waals surface area contributed by atoms with E-state index in [0.717, 1.165) is 16.5 Å². The molecule has 0 saturated carbocycles. The molecule has 1 N–H and O–H groups in total. The number of fused-ring (bicyclic) bond motifs is 1. The summed E-state index contributed by atoms with van der Waals surface area (Å²) in [5.41, 5.74) is 1.64. The average molecular weight is 343 g/mol. The summed E-state index contributed by atoms with van der Waals surface area (Å²) >= 11 is 0. The average Bonchev–Trinajstić information content (AvgIpc) is 3.21. The first kappa shape index (κ1) is 15.9. The van der Waals surface area contributed by atoms with Crippen LogP contribution >= 0.6 is 0 Å². The van der Waals surface area contributed by atoms with Gasteiger partial charge in [-0.05, 0) is 41.1 Å². The Kier molecular flexibility index (Phi) is 4.35. The maximum absolute atomic E-state index is 12.2. The number of rotatable bonds is 5. The van der Waals surface area contributed by atoms with Crippen LogP contribution < -0.4 is 10.1 Å². The normalized spacial score (nSPS) is 10.6. The number of carbonyl (C=O) groups excluding carboxylic acids is 1. The molecule has 0 radical (unpaired) electrons. The first-order valence-corrected chi connectivity index (χ1v) is 8.28. The van der Waals surface area contributed by atoms with Crippen molar-refractivity contribution in [3.63, 3.8) is 0 Å². The van der Waals surface area contributed by atoms with E-state index in [1.165, 1.54) is 0 Å². The molecule has 128 valence electrons. The highest BCUT2D eigenvalue weighted by Crippen LogP contribution is 2.20. The fourth-order valence-electron chi connectivity index (χ4n) is 2.76. The zero-order valence-corrected chi connectivity index (χ0v) is 14.0. The number of carbonyl (C=O) groups is 1. The molecule has 0 saturated heterocycles. The van der Waals surface area contributed by atoms with E-state index in [2.05, 4.69) is 10.3 Å². The Morgan fingerprint density at radius 3 is 2.73 bits per heavy atom. The van der Waals surface area contributed by atoms with Crippen molar-refractivity contribution in [1.29, 1.82) is 0 Å². The van der Waals surface area contributed by atoms with E-state index in [1.807, 2.05) is 77.5 Å². The van der Waals surface area contributed by atoms with Crippen LogP contribution in [0, 0.1) is 0 Å². The highest BCUT2D eigenvalue weighted by atomic mass is 16.5. The van der Waals surface area contributed by atoms with Crippen LogP contribution in [-0.4, -0.2) is 22.1 Å². The molecule has 5 nitrogen and oxygen atoms in total. The number of amides is 1. The molecule has 3 aromatic carbocycles. The van der Waals surface area contributed by atoms with E-state index in [1.54, 1.807) is 12.5 Å². The third kappa shape index (κ3) is 3.57. The summed E-state index contributed by atoms with van der Waals surface area (Å²) < 4.78 is 7.50. The van der Waals surface area contributed by atoms with Crippen molar-refractivity contribution in [3.8, 4) is 11.4 Å². The van der Waals surface area contributed by atoms with Gasteiger partial charge in [0.15, 0.2) is 6.61 Å². The lowest BCUT2D eigenvalue weighted by Crippen LogP contribution is -2.20. The minimum atomic E-state index is -0.207. The van der Waals surface area contributed by atoms with Crippen molar-refractivity contribution in [2.75, 3.05) is 11.9 Å². The zero-order chi connectivity index (χ0) is 17.8. The molecule has 0 bridgehead atoms. The quantitative estimate of drug-likeness (QED) is 0.595. The summed E-state index contributed by atoms with van der Waals surface area (Å²) in [5, 5.41) is 5.08. The summed E-state index contributed by atoms with van der Waals surface area (Å²) in [4.78, 5) is 16.2. The van der Waals surface area contributed by atoms with Crippen LogP contribution in [0.2, 0.25) is 0 Å². The van der Waals surface area contributed by atoms with Gasteiger partial charge in [0.2, 0.25) is 0 Å². The Balaban J connectivity index is 1.40. The molecular formula is C21H17N3O2. The maximum Gasteiger partial charge on any atom is 0.262 e. The minimum Gasteiger partial charge on any atom is -0.484 e. The topological polar surface area (TPSA) is 56.1 Å². The first-order chi connectivity index (χ1) is 12.8. The molecule has 4 aromatic rings. The molecule has 0 aliphatic heterocycles. The Morgan fingerprint density at radius 2 is 1.88 bits per heavy atom. The van der Waals surface area contributed by atoms with Crippen LogP contribution in [0.25, 0.3) is 16.5 Å². The standard InChI is InChI=1S/C21H17N3O2/c25-21(14-26-20-9-8-16-4-1-2-5-17(16)12-20)23-18-6-3-7-19(13-18)24-11-10-22-15-24/h1-13,15H,14H2,(H,23,25). The molecule has 0 fully saturated rings. The fourth-order valence-corrected chi connectivity index (χ4v) is 2.76. The number of nitrogens with one attached hydrogen (secondary N) is 1. The molecular weight excluding hydrogens is 326 g/mol. The molecule has 0 atom stereocenters. The molecule has 26 heavy (non-hydrogen) atoms. The number of nitrogens with zero attached hydrogens (tertiary/aromatic N) is 2. The van der Waals surface area contributed by atoms with Gasteiger partial charge in [0, 0.05) is 23.8 Å². The molecule has 1 aromatic heterocycles. The largest absolute Gasteiger partial charge is 0.484 e. The minimum absolute atomic E-state index is 0.0480. The second-order valence-corrected chi connectivity index (χ2v) is 5.87. The van der Waals surface area contributed by atoms with Crippen molar-refractivity contribution in [2.24, 2.45) is 0 Å². The third-order valence-corrected chi connectivity index (χ3v) is 4.02. The van der Waals surface area contributed by atoms with Crippen molar-refractivity contribution < 1.29 is 9.53 Å². The molecule has 0 aliphatic rings. The molecule has 5 heteroatoms. The van der Waals surface area contributed by atoms with Gasteiger partial charge in [-0.25, -0.2) is 4.98 Å². The molecule has 4 rings (SSSR count). The van der Waals surface area contributed by atoms with Crippen molar-refractivity contribution in [1.82, 2.24) is 9.55 Å². The van der Waals surface area contributed by atoms with E-state index >= 15 is 0 Å². The van der Waals surface area contributed by atoms with Crippen molar-refractivity contribution >= 4 is 22.4 Å². The summed E-state index contributed by atoms with van der Waals surface area (Å²) in [6.07, 6.45) is 5.27. The third-order valence-electron chi connectivity index (χ3n) is 4.02. The van der Waals surface area contributed by atoms with Crippen LogP contribution in [0.5, 0.6) is 5.75 Å². The van der Waals surface area contributed by atoms with Gasteiger partial charge in [-0.3, -0.25) is 4.79 Å². The molecule has 0 spiro atoms. The van der Waals surface area contributed by atoms with Crippen LogP contribution in [0.4, 0.5) is 5.69 Å². The smallest absolute Gasteiger partial charge is 0.262 e. The SMILES string of the molecule is O=C(COc1ccc2ccccc2c1)Nc1cccc(-n2ccnc2)c1. The monoisotopic (exact) mass is 343 g/mol. The van der Waals surface area contributed by atoms with E-state index in [4.69, 9.17) is 4.74 Å². The maximum atomic E-state index is 12.2. The summed E-state index contributed by atoms with van der Waals surface area (Å²) in [6, 6.07) is 21.4. The Morgan fingerprint density at radius 1 is 1.00 bits per heavy atom. The molecule has 1 amide bonds. The lowest BCUT2D eigenvalue weighted by molar-refractivity contribution is -0.118. The molecule has 0 aliphatic carbocycles. The van der Waals surface area contributed by atoms with Gasteiger partial charge in [0.1, 0.15) is 5.75 Å². The fraction of sp³-hybridized carbons (Fsp3) is 0.0476. The van der Waals surface area contributed by atoms with Crippen LogP contribution in [0.1, 0.15) is 0 Å². The Hall–Kier alpha value is -3.60. The second kappa shape index (κ2) is 7.11. The Labute approximate surface area is 150 Å². The van der Waals surface area contributed by atoms with Gasteiger partial charge in [-0.2, -0.15) is 0 Å². The van der Waals surface area contributed by atoms with E-state index in [-0.39, 0.29) is 12.5 Å². The predicted octanol–water partition coefficient (Wildman–Crippen LogP) is 4.04. The molecule has 1 heterocycles. The number of hydrogen-bond donors (Lipinski definition) is 1.